The maximum Gasteiger partial charge on any atom is 0.226 e. The first-order chi connectivity index (χ1) is 14.6. The van der Waals surface area contributed by atoms with Gasteiger partial charge in [0.25, 0.3) is 0 Å². The topological polar surface area (TPSA) is 102 Å². The molecule has 0 aliphatic heterocycles. The van der Waals surface area contributed by atoms with Crippen LogP contribution in [-0.4, -0.2) is 16.5 Å². The summed E-state index contributed by atoms with van der Waals surface area (Å²) in [4.78, 5) is 8.32. The molecule has 0 fully saturated rings. The van der Waals surface area contributed by atoms with E-state index in [1.165, 1.54) is 30.5 Å². The van der Waals surface area contributed by atoms with Gasteiger partial charge in [-0.15, -0.1) is 0 Å². The van der Waals surface area contributed by atoms with Crippen molar-refractivity contribution in [2.75, 3.05) is 6.54 Å². The lowest BCUT2D eigenvalue weighted by molar-refractivity contribution is 0.572. The Bertz CT molecular complexity index is 1110. The van der Waals surface area contributed by atoms with Crippen LogP contribution in [-0.2, 0) is 12.8 Å². The molecule has 4 aromatic rings. The lowest BCUT2D eigenvalue weighted by atomic mass is 10.2. The molecule has 0 aliphatic carbocycles. The first-order valence-electron chi connectivity index (χ1n) is 9.06. The fourth-order valence-electron chi connectivity index (χ4n) is 2.49. The number of hydrogen-bond donors (Lipinski definition) is 1. The predicted molar refractivity (Wildman–Crippen MR) is 106 cm³/mol. The van der Waals surface area contributed by atoms with Crippen LogP contribution in [0, 0.1) is 23.0 Å². The molecular weight excluding hydrogens is 390 g/mol. The van der Waals surface area contributed by atoms with E-state index in [9.17, 15) is 8.78 Å². The van der Waals surface area contributed by atoms with Crippen molar-refractivity contribution in [1.82, 2.24) is 9.97 Å². The SMILES string of the molecule is N#CCc1coc(-c2ccc(F)cc2)n1.NCCc1coc(-c2ccc(F)cc2)n1. The van der Waals surface area contributed by atoms with Gasteiger partial charge in [-0.1, -0.05) is 0 Å². The third kappa shape index (κ3) is 5.59. The molecule has 0 saturated heterocycles. The molecule has 0 spiro atoms. The first kappa shape index (κ1) is 20.9. The average molecular weight is 408 g/mol. The van der Waals surface area contributed by atoms with E-state index >= 15 is 0 Å². The smallest absolute Gasteiger partial charge is 0.226 e. The number of nitrogens with zero attached hydrogens (tertiary/aromatic N) is 3. The summed E-state index contributed by atoms with van der Waals surface area (Å²) in [5.41, 5.74) is 8.25. The summed E-state index contributed by atoms with van der Waals surface area (Å²) in [7, 11) is 0. The van der Waals surface area contributed by atoms with E-state index < -0.39 is 0 Å². The van der Waals surface area contributed by atoms with Crippen LogP contribution in [0.3, 0.4) is 0 Å². The molecule has 2 aromatic heterocycles. The minimum absolute atomic E-state index is 0.213. The van der Waals surface area contributed by atoms with Crippen LogP contribution in [0.1, 0.15) is 11.4 Å². The van der Waals surface area contributed by atoms with Crippen LogP contribution in [0.5, 0.6) is 0 Å². The fraction of sp³-hybridized carbons (Fsp3) is 0.136. The van der Waals surface area contributed by atoms with Crippen LogP contribution < -0.4 is 5.73 Å². The van der Waals surface area contributed by atoms with Crippen molar-refractivity contribution in [3.05, 3.63) is 84.1 Å². The number of nitrogens with two attached hydrogens (primary N) is 1. The van der Waals surface area contributed by atoms with Gasteiger partial charge in [-0.2, -0.15) is 5.26 Å². The van der Waals surface area contributed by atoms with Gasteiger partial charge in [-0.25, -0.2) is 18.7 Å². The van der Waals surface area contributed by atoms with E-state index in [4.69, 9.17) is 19.8 Å². The van der Waals surface area contributed by atoms with Gasteiger partial charge in [0.1, 0.15) is 24.2 Å². The van der Waals surface area contributed by atoms with Crippen LogP contribution >= 0.6 is 0 Å². The second-order valence-electron chi connectivity index (χ2n) is 6.18. The highest BCUT2D eigenvalue weighted by molar-refractivity contribution is 5.53. The highest BCUT2D eigenvalue weighted by atomic mass is 19.1. The molecule has 152 valence electrons. The van der Waals surface area contributed by atoms with Gasteiger partial charge >= 0.3 is 0 Å². The van der Waals surface area contributed by atoms with Gasteiger partial charge in [0.05, 0.1) is 23.9 Å². The molecule has 0 radical (unpaired) electrons. The molecule has 4 rings (SSSR count). The molecule has 2 N–H and O–H groups in total. The standard InChI is InChI=1S/C11H11FN2O.C11H7FN2O/c2*12-9-3-1-8(2-4-9)11-14-10(5-6-13)7-15-11/h1-4,7H,5-6,13H2;1-4,7H,5H2. The quantitative estimate of drug-likeness (QED) is 0.521. The Morgan fingerprint density at radius 3 is 1.73 bits per heavy atom. The molecule has 0 aliphatic rings. The molecule has 2 heterocycles. The third-order valence-electron chi connectivity index (χ3n) is 3.95. The summed E-state index contributed by atoms with van der Waals surface area (Å²) in [5.74, 6) is 0.328. The van der Waals surface area contributed by atoms with Crippen molar-refractivity contribution in [2.24, 2.45) is 5.73 Å². The average Bonchev–Trinajstić information content (AvgIpc) is 3.40. The summed E-state index contributed by atoms with van der Waals surface area (Å²) in [6.07, 6.45) is 3.91. The van der Waals surface area contributed by atoms with Crippen molar-refractivity contribution < 1.29 is 17.6 Å². The summed E-state index contributed by atoms with van der Waals surface area (Å²) >= 11 is 0. The van der Waals surface area contributed by atoms with Crippen LogP contribution in [0.25, 0.3) is 22.9 Å². The molecule has 6 nitrogen and oxygen atoms in total. The van der Waals surface area contributed by atoms with E-state index in [0.717, 1.165) is 11.3 Å². The molecule has 0 bridgehead atoms. The van der Waals surface area contributed by atoms with Crippen LogP contribution in [0.15, 0.2) is 69.9 Å². The normalized spacial score (nSPS) is 10.2. The molecule has 8 heteroatoms. The first-order valence-corrected chi connectivity index (χ1v) is 9.06. The number of rotatable bonds is 5. The Morgan fingerprint density at radius 1 is 0.800 bits per heavy atom. The second kappa shape index (κ2) is 10.1. The maximum atomic E-state index is 12.7. The van der Waals surface area contributed by atoms with Crippen molar-refractivity contribution in [3.63, 3.8) is 0 Å². The van der Waals surface area contributed by atoms with Gasteiger partial charge in [-0.3, -0.25) is 0 Å². The van der Waals surface area contributed by atoms with Crippen LogP contribution in [0.2, 0.25) is 0 Å². The summed E-state index contributed by atoms with van der Waals surface area (Å²) in [6.45, 7) is 0.537. The van der Waals surface area contributed by atoms with E-state index in [-0.39, 0.29) is 18.1 Å². The monoisotopic (exact) mass is 408 g/mol. The van der Waals surface area contributed by atoms with Gasteiger partial charge in [0.2, 0.25) is 11.8 Å². The second-order valence-corrected chi connectivity index (χ2v) is 6.18. The largest absolute Gasteiger partial charge is 0.444 e. The Morgan fingerprint density at radius 2 is 1.27 bits per heavy atom. The molecule has 2 aromatic carbocycles. The number of nitriles is 1. The third-order valence-corrected chi connectivity index (χ3v) is 3.95. The minimum atomic E-state index is -0.303. The minimum Gasteiger partial charge on any atom is -0.444 e. The Hall–Kier alpha value is -3.83. The van der Waals surface area contributed by atoms with E-state index in [1.54, 1.807) is 30.5 Å². The number of hydrogen-bond acceptors (Lipinski definition) is 6. The van der Waals surface area contributed by atoms with E-state index in [0.29, 0.717) is 36.0 Å². The fourth-order valence-corrected chi connectivity index (χ4v) is 2.49. The van der Waals surface area contributed by atoms with Gasteiger partial charge in [0.15, 0.2) is 0 Å². The number of aromatic nitrogens is 2. The zero-order valence-corrected chi connectivity index (χ0v) is 15.9. The lowest BCUT2D eigenvalue weighted by Gasteiger charge is -1.93. The van der Waals surface area contributed by atoms with Gasteiger partial charge < -0.3 is 14.6 Å². The number of halogens is 2. The predicted octanol–water partition coefficient (Wildman–Crippen LogP) is 4.53. The summed E-state index contributed by atoms with van der Waals surface area (Å²) in [6, 6.07) is 13.8. The Balaban J connectivity index is 0.000000171. The Labute approximate surface area is 171 Å². The zero-order valence-electron chi connectivity index (χ0n) is 15.9. The van der Waals surface area contributed by atoms with E-state index in [2.05, 4.69) is 9.97 Å². The zero-order chi connectivity index (χ0) is 21.3. The molecule has 0 unspecified atom stereocenters. The van der Waals surface area contributed by atoms with Crippen LogP contribution in [0.4, 0.5) is 8.78 Å². The van der Waals surface area contributed by atoms with Crippen molar-refractivity contribution in [2.45, 2.75) is 12.8 Å². The molecule has 30 heavy (non-hydrogen) atoms. The highest BCUT2D eigenvalue weighted by Gasteiger charge is 2.07. The van der Waals surface area contributed by atoms with Gasteiger partial charge in [0, 0.05) is 17.5 Å². The van der Waals surface area contributed by atoms with Crippen molar-refractivity contribution in [3.8, 4) is 29.0 Å². The Kier molecular flexibility index (Phi) is 7.03. The van der Waals surface area contributed by atoms with Gasteiger partial charge in [-0.05, 0) is 55.1 Å². The molecular formula is C22H18F2N4O2. The molecule has 0 atom stereocenters. The highest BCUT2D eigenvalue weighted by Crippen LogP contribution is 2.19. The molecule has 0 saturated carbocycles. The number of oxazole rings is 2. The number of benzene rings is 2. The summed E-state index contributed by atoms with van der Waals surface area (Å²) < 4.78 is 35.7. The maximum absolute atomic E-state index is 12.7. The van der Waals surface area contributed by atoms with Crippen molar-refractivity contribution >= 4 is 0 Å². The molecule has 0 amide bonds. The van der Waals surface area contributed by atoms with Crippen molar-refractivity contribution in [1.29, 1.82) is 5.26 Å². The lowest BCUT2D eigenvalue weighted by Crippen LogP contribution is -2.02. The summed E-state index contributed by atoms with van der Waals surface area (Å²) in [5, 5.41) is 8.45. The van der Waals surface area contributed by atoms with E-state index in [1.807, 2.05) is 6.07 Å².